The standard InChI is InChI=1S/C19H21N3O3S/c1-13-4-7-15(8-5-13)26(24,25)21-11-10-19(2,3)18-16(21)9-6-14-12-17(23)20-22(14)18/h4-9,12H,10-11H2,1-3H3,(H,20,23). The van der Waals surface area contributed by atoms with Crippen molar-refractivity contribution in [1.29, 1.82) is 0 Å². The van der Waals surface area contributed by atoms with Crippen molar-refractivity contribution in [1.82, 2.24) is 9.61 Å². The molecule has 0 atom stereocenters. The zero-order valence-electron chi connectivity index (χ0n) is 15.0. The van der Waals surface area contributed by atoms with Crippen LogP contribution in [0.2, 0.25) is 0 Å². The van der Waals surface area contributed by atoms with Crippen LogP contribution in [0, 0.1) is 6.92 Å². The van der Waals surface area contributed by atoms with Gasteiger partial charge in [-0.05, 0) is 37.6 Å². The van der Waals surface area contributed by atoms with E-state index < -0.39 is 10.0 Å². The summed E-state index contributed by atoms with van der Waals surface area (Å²) in [6.45, 7) is 6.46. The van der Waals surface area contributed by atoms with Gasteiger partial charge in [0.25, 0.3) is 15.6 Å². The molecule has 3 heterocycles. The van der Waals surface area contributed by atoms with Crippen LogP contribution in [0.5, 0.6) is 0 Å². The minimum absolute atomic E-state index is 0.201. The number of anilines is 1. The molecule has 0 spiro atoms. The summed E-state index contributed by atoms with van der Waals surface area (Å²) in [5, 5.41) is 2.80. The van der Waals surface area contributed by atoms with Crippen molar-refractivity contribution in [2.24, 2.45) is 0 Å². The van der Waals surface area contributed by atoms with Crippen molar-refractivity contribution < 1.29 is 8.42 Å². The van der Waals surface area contributed by atoms with Gasteiger partial charge in [0.2, 0.25) is 0 Å². The van der Waals surface area contributed by atoms with Gasteiger partial charge in [0.1, 0.15) is 0 Å². The molecule has 0 unspecified atom stereocenters. The zero-order valence-corrected chi connectivity index (χ0v) is 15.8. The second-order valence-corrected chi connectivity index (χ2v) is 9.33. The number of aromatic nitrogens is 2. The number of aryl methyl sites for hydroxylation is 1. The molecule has 4 rings (SSSR count). The maximum atomic E-state index is 13.3. The fourth-order valence-corrected chi connectivity index (χ4v) is 5.10. The van der Waals surface area contributed by atoms with Gasteiger partial charge in [-0.2, -0.15) is 0 Å². The Labute approximate surface area is 152 Å². The third kappa shape index (κ3) is 2.46. The number of H-pyrrole nitrogens is 1. The van der Waals surface area contributed by atoms with Gasteiger partial charge in [-0.3, -0.25) is 18.7 Å². The molecule has 2 aromatic heterocycles. The first-order valence-electron chi connectivity index (χ1n) is 8.55. The number of hydrogen-bond acceptors (Lipinski definition) is 3. The number of pyridine rings is 1. The highest BCUT2D eigenvalue weighted by Crippen LogP contribution is 2.41. The summed E-state index contributed by atoms with van der Waals surface area (Å²) in [5.74, 6) is 0. The largest absolute Gasteiger partial charge is 0.268 e. The van der Waals surface area contributed by atoms with Crippen LogP contribution in [0.15, 0.2) is 52.2 Å². The predicted molar refractivity (Wildman–Crippen MR) is 101 cm³/mol. The minimum atomic E-state index is -3.68. The molecule has 3 aromatic rings. The first-order valence-corrected chi connectivity index (χ1v) is 9.99. The second-order valence-electron chi connectivity index (χ2n) is 7.47. The molecule has 0 bridgehead atoms. The Bertz CT molecular complexity index is 1150. The Morgan fingerprint density at radius 1 is 1.08 bits per heavy atom. The van der Waals surface area contributed by atoms with E-state index in [9.17, 15) is 13.2 Å². The van der Waals surface area contributed by atoms with Gasteiger partial charge in [-0.15, -0.1) is 0 Å². The van der Waals surface area contributed by atoms with Crippen molar-refractivity contribution in [3.63, 3.8) is 0 Å². The van der Waals surface area contributed by atoms with Crippen LogP contribution in [0.1, 0.15) is 31.5 Å². The van der Waals surface area contributed by atoms with E-state index in [0.717, 1.165) is 16.8 Å². The maximum Gasteiger partial charge on any atom is 0.264 e. The van der Waals surface area contributed by atoms with Crippen molar-refractivity contribution >= 4 is 21.2 Å². The van der Waals surface area contributed by atoms with Crippen LogP contribution in [0.4, 0.5) is 5.69 Å². The lowest BCUT2D eigenvalue weighted by Gasteiger charge is -2.39. The molecule has 0 fully saturated rings. The van der Waals surface area contributed by atoms with E-state index in [2.05, 4.69) is 18.9 Å². The van der Waals surface area contributed by atoms with Crippen molar-refractivity contribution in [2.75, 3.05) is 10.8 Å². The van der Waals surface area contributed by atoms with Gasteiger partial charge in [0, 0.05) is 18.0 Å². The van der Waals surface area contributed by atoms with E-state index in [1.807, 2.05) is 6.92 Å². The molecule has 1 aliphatic rings. The summed E-state index contributed by atoms with van der Waals surface area (Å²) in [5.41, 5.74) is 2.69. The Hall–Kier alpha value is -2.54. The maximum absolute atomic E-state index is 13.3. The van der Waals surface area contributed by atoms with Crippen LogP contribution in [0.25, 0.3) is 5.52 Å². The fourth-order valence-electron chi connectivity index (χ4n) is 3.63. The monoisotopic (exact) mass is 371 g/mol. The van der Waals surface area contributed by atoms with Gasteiger partial charge in [-0.25, -0.2) is 8.42 Å². The summed E-state index contributed by atoms with van der Waals surface area (Å²) < 4.78 is 29.7. The lowest BCUT2D eigenvalue weighted by molar-refractivity contribution is 0.442. The van der Waals surface area contributed by atoms with E-state index in [4.69, 9.17) is 0 Å². The molecule has 1 aromatic carbocycles. The first kappa shape index (κ1) is 16.9. The number of benzene rings is 1. The SMILES string of the molecule is Cc1ccc(S(=O)(=O)N2CCC(C)(C)c3c2ccc2cc(=O)[nH]n32)cc1. The van der Waals surface area contributed by atoms with Gasteiger partial charge in [0.05, 0.1) is 21.8 Å². The number of nitrogens with zero attached hydrogens (tertiary/aromatic N) is 2. The highest BCUT2D eigenvalue weighted by atomic mass is 32.2. The Kier molecular flexibility index (Phi) is 3.56. The number of aromatic amines is 1. The van der Waals surface area contributed by atoms with Crippen LogP contribution < -0.4 is 9.86 Å². The molecule has 6 nitrogen and oxygen atoms in total. The van der Waals surface area contributed by atoms with E-state index in [1.165, 1.54) is 10.4 Å². The van der Waals surface area contributed by atoms with Gasteiger partial charge in [0.15, 0.2) is 0 Å². The van der Waals surface area contributed by atoms with Gasteiger partial charge < -0.3 is 0 Å². The van der Waals surface area contributed by atoms with Gasteiger partial charge >= 0.3 is 0 Å². The molecule has 0 saturated carbocycles. The topological polar surface area (TPSA) is 74.7 Å². The molecular weight excluding hydrogens is 350 g/mol. The van der Waals surface area contributed by atoms with Crippen molar-refractivity contribution in [3.8, 4) is 0 Å². The average molecular weight is 371 g/mol. The zero-order chi connectivity index (χ0) is 18.7. The number of rotatable bonds is 2. The Morgan fingerprint density at radius 2 is 1.77 bits per heavy atom. The third-order valence-electron chi connectivity index (χ3n) is 5.10. The van der Waals surface area contributed by atoms with Crippen LogP contribution in [0.3, 0.4) is 0 Å². The Balaban J connectivity index is 1.95. The molecule has 0 aliphatic carbocycles. The molecule has 26 heavy (non-hydrogen) atoms. The predicted octanol–water partition coefficient (Wildman–Crippen LogP) is 2.81. The molecule has 7 heteroatoms. The molecule has 0 saturated heterocycles. The van der Waals surface area contributed by atoms with E-state index in [-0.39, 0.29) is 15.9 Å². The molecule has 1 N–H and O–H groups in total. The lowest BCUT2D eigenvalue weighted by Crippen LogP contribution is -2.42. The normalized spacial score (nSPS) is 16.7. The van der Waals surface area contributed by atoms with E-state index in [0.29, 0.717) is 18.7 Å². The summed E-state index contributed by atoms with van der Waals surface area (Å²) >= 11 is 0. The molecule has 136 valence electrons. The highest BCUT2D eigenvalue weighted by molar-refractivity contribution is 7.92. The molecule has 0 amide bonds. The number of nitrogens with one attached hydrogen (secondary N) is 1. The molecule has 0 radical (unpaired) electrons. The summed E-state index contributed by atoms with van der Waals surface area (Å²) in [4.78, 5) is 12.1. The lowest BCUT2D eigenvalue weighted by atomic mass is 9.82. The van der Waals surface area contributed by atoms with Crippen LogP contribution in [-0.4, -0.2) is 24.6 Å². The second kappa shape index (κ2) is 5.48. The number of hydrogen-bond donors (Lipinski definition) is 1. The van der Waals surface area contributed by atoms with Crippen LogP contribution >= 0.6 is 0 Å². The Morgan fingerprint density at radius 3 is 2.46 bits per heavy atom. The highest BCUT2D eigenvalue weighted by Gasteiger charge is 2.38. The van der Waals surface area contributed by atoms with E-state index >= 15 is 0 Å². The average Bonchev–Trinajstić information content (AvgIpc) is 2.94. The fraction of sp³-hybridized carbons (Fsp3) is 0.316. The van der Waals surface area contributed by atoms with Gasteiger partial charge in [-0.1, -0.05) is 31.5 Å². The minimum Gasteiger partial charge on any atom is -0.268 e. The van der Waals surface area contributed by atoms with E-state index in [1.54, 1.807) is 40.9 Å². The van der Waals surface area contributed by atoms with Crippen LogP contribution in [-0.2, 0) is 15.4 Å². The first-order chi connectivity index (χ1) is 12.2. The molecule has 1 aliphatic heterocycles. The third-order valence-corrected chi connectivity index (χ3v) is 6.92. The summed E-state index contributed by atoms with van der Waals surface area (Å²) in [6.07, 6.45) is 0.657. The smallest absolute Gasteiger partial charge is 0.264 e. The number of fused-ring (bicyclic) bond motifs is 3. The quantitative estimate of drug-likeness (QED) is 0.753. The summed E-state index contributed by atoms with van der Waals surface area (Å²) in [6, 6.07) is 12.0. The number of sulfonamides is 1. The molecular formula is C19H21N3O3S. The summed E-state index contributed by atoms with van der Waals surface area (Å²) in [7, 11) is -3.68. The van der Waals surface area contributed by atoms with Crippen molar-refractivity contribution in [3.05, 3.63) is 64.1 Å². The van der Waals surface area contributed by atoms with Crippen molar-refractivity contribution in [2.45, 2.75) is 37.5 Å².